The quantitative estimate of drug-likeness (QED) is 0.634. The molecule has 0 amide bonds. The molecular formula is C19H30O2. The molecule has 1 aromatic carbocycles. The van der Waals surface area contributed by atoms with Crippen LogP contribution in [-0.2, 0) is 6.42 Å². The molecule has 1 N–H and O–H groups in total. The second kappa shape index (κ2) is 9.09. The standard InChI is InChI=1S/C19H30O2/c1-2-3-4-5-6-7-8-11-18(20)16-12-13-19-17(15-16)10-9-14-21-19/h12-13,15,18,20H,2-11,14H2,1H3. The number of hydrogen-bond donors (Lipinski definition) is 1. The summed E-state index contributed by atoms with van der Waals surface area (Å²) in [5.74, 6) is 1.01. The van der Waals surface area contributed by atoms with E-state index in [9.17, 15) is 5.11 Å². The van der Waals surface area contributed by atoms with Gasteiger partial charge in [0.15, 0.2) is 0 Å². The molecule has 1 aliphatic heterocycles. The van der Waals surface area contributed by atoms with E-state index in [1.165, 1.54) is 44.1 Å². The van der Waals surface area contributed by atoms with Gasteiger partial charge in [-0.15, -0.1) is 0 Å². The van der Waals surface area contributed by atoms with E-state index in [1.807, 2.05) is 12.1 Å². The van der Waals surface area contributed by atoms with Crippen molar-refractivity contribution in [1.29, 1.82) is 0 Å². The van der Waals surface area contributed by atoms with Crippen molar-refractivity contribution < 1.29 is 9.84 Å². The molecule has 2 heteroatoms. The summed E-state index contributed by atoms with van der Waals surface area (Å²) < 4.78 is 5.62. The van der Waals surface area contributed by atoms with Crippen molar-refractivity contribution >= 4 is 0 Å². The lowest BCUT2D eigenvalue weighted by Gasteiger charge is -2.19. The highest BCUT2D eigenvalue weighted by Gasteiger charge is 2.14. The summed E-state index contributed by atoms with van der Waals surface area (Å²) in [5, 5.41) is 10.3. The lowest BCUT2D eigenvalue weighted by atomic mass is 9.97. The van der Waals surface area contributed by atoms with E-state index in [1.54, 1.807) is 0 Å². The fourth-order valence-electron chi connectivity index (χ4n) is 3.05. The SMILES string of the molecule is CCCCCCCCCC(O)c1ccc2c(c1)CCCO2. The summed E-state index contributed by atoms with van der Waals surface area (Å²) in [4.78, 5) is 0. The molecule has 0 aromatic heterocycles. The molecule has 0 saturated carbocycles. The topological polar surface area (TPSA) is 29.5 Å². The molecule has 1 unspecified atom stereocenters. The zero-order chi connectivity index (χ0) is 14.9. The molecule has 0 fully saturated rings. The first kappa shape index (κ1) is 16.4. The second-order valence-corrected chi connectivity index (χ2v) is 6.24. The Kier molecular flexibility index (Phi) is 7.08. The first-order chi connectivity index (χ1) is 10.3. The van der Waals surface area contributed by atoms with Crippen molar-refractivity contribution in [2.45, 2.75) is 77.2 Å². The van der Waals surface area contributed by atoms with Crippen LogP contribution in [0.15, 0.2) is 18.2 Å². The molecule has 0 aliphatic carbocycles. The average molecular weight is 290 g/mol. The van der Waals surface area contributed by atoms with Crippen molar-refractivity contribution in [1.82, 2.24) is 0 Å². The maximum Gasteiger partial charge on any atom is 0.122 e. The minimum absolute atomic E-state index is 0.312. The van der Waals surface area contributed by atoms with E-state index < -0.39 is 0 Å². The molecule has 0 saturated heterocycles. The van der Waals surface area contributed by atoms with Crippen LogP contribution in [0, 0.1) is 0 Å². The number of benzene rings is 1. The van der Waals surface area contributed by atoms with Crippen molar-refractivity contribution in [3.8, 4) is 5.75 Å². The maximum atomic E-state index is 10.3. The number of aryl methyl sites for hydroxylation is 1. The number of aliphatic hydroxyl groups is 1. The predicted octanol–water partition coefficient (Wildman–Crippen LogP) is 5.19. The second-order valence-electron chi connectivity index (χ2n) is 6.24. The first-order valence-electron chi connectivity index (χ1n) is 8.75. The van der Waals surface area contributed by atoms with Gasteiger partial charge in [-0.2, -0.15) is 0 Å². The highest BCUT2D eigenvalue weighted by atomic mass is 16.5. The van der Waals surface area contributed by atoms with Gasteiger partial charge >= 0.3 is 0 Å². The lowest BCUT2D eigenvalue weighted by Crippen LogP contribution is -2.09. The van der Waals surface area contributed by atoms with Crippen LogP contribution in [0.1, 0.15) is 81.9 Å². The summed E-state index contributed by atoms with van der Waals surface area (Å²) in [6.07, 6.45) is 11.8. The van der Waals surface area contributed by atoms with Gasteiger partial charge in [0.25, 0.3) is 0 Å². The smallest absolute Gasteiger partial charge is 0.122 e. The highest BCUT2D eigenvalue weighted by molar-refractivity contribution is 5.39. The minimum Gasteiger partial charge on any atom is -0.493 e. The van der Waals surface area contributed by atoms with Gasteiger partial charge in [0, 0.05) is 0 Å². The largest absolute Gasteiger partial charge is 0.493 e. The van der Waals surface area contributed by atoms with Gasteiger partial charge in [0.05, 0.1) is 12.7 Å². The summed E-state index contributed by atoms with van der Waals surface area (Å²) in [6, 6.07) is 6.19. The van der Waals surface area contributed by atoms with Crippen molar-refractivity contribution in [2.24, 2.45) is 0 Å². The zero-order valence-corrected chi connectivity index (χ0v) is 13.4. The Morgan fingerprint density at radius 2 is 1.86 bits per heavy atom. The Bertz CT molecular complexity index is 414. The van der Waals surface area contributed by atoms with Crippen LogP contribution in [0.5, 0.6) is 5.75 Å². The summed E-state index contributed by atoms with van der Waals surface area (Å²) in [5.41, 5.74) is 2.32. The molecule has 118 valence electrons. The number of aliphatic hydroxyl groups excluding tert-OH is 1. The normalized spacial score (nSPS) is 15.3. The Morgan fingerprint density at radius 3 is 2.67 bits per heavy atom. The number of fused-ring (bicyclic) bond motifs is 1. The number of unbranched alkanes of at least 4 members (excludes halogenated alkanes) is 6. The van der Waals surface area contributed by atoms with E-state index >= 15 is 0 Å². The predicted molar refractivity (Wildman–Crippen MR) is 87.8 cm³/mol. The van der Waals surface area contributed by atoms with Crippen molar-refractivity contribution in [3.63, 3.8) is 0 Å². The Hall–Kier alpha value is -1.02. The monoisotopic (exact) mass is 290 g/mol. The van der Waals surface area contributed by atoms with E-state index in [2.05, 4.69) is 13.0 Å². The van der Waals surface area contributed by atoms with E-state index in [0.717, 1.165) is 43.6 Å². The highest BCUT2D eigenvalue weighted by Crippen LogP contribution is 2.29. The van der Waals surface area contributed by atoms with Crippen molar-refractivity contribution in [2.75, 3.05) is 6.61 Å². The minimum atomic E-state index is -0.312. The number of rotatable bonds is 9. The molecule has 1 aliphatic rings. The van der Waals surface area contributed by atoms with Gasteiger partial charge in [-0.3, -0.25) is 0 Å². The maximum absolute atomic E-state index is 10.3. The van der Waals surface area contributed by atoms with Gasteiger partial charge in [-0.25, -0.2) is 0 Å². The van der Waals surface area contributed by atoms with Gasteiger partial charge in [-0.05, 0) is 42.5 Å². The third-order valence-electron chi connectivity index (χ3n) is 4.40. The molecule has 2 nitrogen and oxygen atoms in total. The number of hydrogen-bond acceptors (Lipinski definition) is 2. The molecular weight excluding hydrogens is 260 g/mol. The Morgan fingerprint density at radius 1 is 1.10 bits per heavy atom. The third-order valence-corrected chi connectivity index (χ3v) is 4.40. The molecule has 0 radical (unpaired) electrons. The molecule has 0 bridgehead atoms. The van der Waals surface area contributed by atoms with Crippen LogP contribution in [0.3, 0.4) is 0 Å². The van der Waals surface area contributed by atoms with Gasteiger partial charge < -0.3 is 9.84 Å². The van der Waals surface area contributed by atoms with E-state index in [0.29, 0.717) is 0 Å². The molecule has 1 atom stereocenters. The van der Waals surface area contributed by atoms with Crippen LogP contribution in [0.2, 0.25) is 0 Å². The zero-order valence-electron chi connectivity index (χ0n) is 13.4. The fourth-order valence-corrected chi connectivity index (χ4v) is 3.05. The summed E-state index contributed by atoms with van der Waals surface area (Å²) in [6.45, 7) is 3.08. The summed E-state index contributed by atoms with van der Waals surface area (Å²) in [7, 11) is 0. The van der Waals surface area contributed by atoms with Gasteiger partial charge in [0.2, 0.25) is 0 Å². The Labute approximate surface area is 129 Å². The summed E-state index contributed by atoms with van der Waals surface area (Å²) >= 11 is 0. The van der Waals surface area contributed by atoms with E-state index in [-0.39, 0.29) is 6.10 Å². The van der Waals surface area contributed by atoms with Crippen LogP contribution in [0.4, 0.5) is 0 Å². The lowest BCUT2D eigenvalue weighted by molar-refractivity contribution is 0.163. The molecule has 1 aromatic rings. The molecule has 21 heavy (non-hydrogen) atoms. The average Bonchev–Trinajstić information content (AvgIpc) is 2.53. The molecule has 2 rings (SSSR count). The van der Waals surface area contributed by atoms with Gasteiger partial charge in [-0.1, -0.05) is 57.9 Å². The van der Waals surface area contributed by atoms with Crippen LogP contribution in [0.25, 0.3) is 0 Å². The van der Waals surface area contributed by atoms with Crippen LogP contribution >= 0.6 is 0 Å². The fraction of sp³-hybridized carbons (Fsp3) is 0.684. The third kappa shape index (κ3) is 5.35. The van der Waals surface area contributed by atoms with E-state index in [4.69, 9.17) is 4.74 Å². The van der Waals surface area contributed by atoms with Gasteiger partial charge in [0.1, 0.15) is 5.75 Å². The van der Waals surface area contributed by atoms with Crippen LogP contribution in [-0.4, -0.2) is 11.7 Å². The first-order valence-corrected chi connectivity index (χ1v) is 8.75. The van der Waals surface area contributed by atoms with Crippen LogP contribution < -0.4 is 4.74 Å². The van der Waals surface area contributed by atoms with Crippen molar-refractivity contribution in [3.05, 3.63) is 29.3 Å². The molecule has 1 heterocycles. The Balaban J connectivity index is 1.69. The molecule has 0 spiro atoms. The number of ether oxygens (including phenoxy) is 1.